The Morgan fingerprint density at radius 2 is 1.96 bits per heavy atom. The van der Waals surface area contributed by atoms with Crippen molar-refractivity contribution in [3.05, 3.63) is 42.9 Å². The second-order valence-corrected chi connectivity index (χ2v) is 6.16. The van der Waals surface area contributed by atoms with Gasteiger partial charge in [0.05, 0.1) is 0 Å². The van der Waals surface area contributed by atoms with Gasteiger partial charge < -0.3 is 15.0 Å². The van der Waals surface area contributed by atoms with Crippen molar-refractivity contribution in [1.29, 1.82) is 0 Å². The molecule has 0 bridgehead atoms. The summed E-state index contributed by atoms with van der Waals surface area (Å²) in [5, 5.41) is 12.4. The van der Waals surface area contributed by atoms with E-state index in [2.05, 4.69) is 35.4 Å². The van der Waals surface area contributed by atoms with Crippen LogP contribution in [0, 0.1) is 0 Å². The third kappa shape index (κ3) is 3.27. The van der Waals surface area contributed by atoms with E-state index >= 15 is 0 Å². The van der Waals surface area contributed by atoms with Crippen LogP contribution in [0.25, 0.3) is 21.9 Å². The number of hydrogen-bond acceptors (Lipinski definition) is 7. The Kier molecular flexibility index (Phi) is 4.32. The van der Waals surface area contributed by atoms with Crippen molar-refractivity contribution in [2.24, 2.45) is 0 Å². The second kappa shape index (κ2) is 6.93. The summed E-state index contributed by atoms with van der Waals surface area (Å²) < 4.78 is 5.83. The number of aromatic nitrogens is 5. The maximum absolute atomic E-state index is 5.83. The fourth-order valence-electron chi connectivity index (χ4n) is 2.65. The van der Waals surface area contributed by atoms with Crippen LogP contribution in [-0.4, -0.2) is 57.3 Å². The summed E-state index contributed by atoms with van der Waals surface area (Å²) in [6, 6.07) is 7.98. The van der Waals surface area contributed by atoms with Gasteiger partial charge in [0.1, 0.15) is 6.61 Å². The van der Waals surface area contributed by atoms with Crippen molar-refractivity contribution in [2.75, 3.05) is 32.6 Å². The van der Waals surface area contributed by atoms with Gasteiger partial charge in [0, 0.05) is 36.2 Å². The molecule has 4 aromatic rings. The number of pyridine rings is 1. The quantitative estimate of drug-likeness (QED) is 0.553. The summed E-state index contributed by atoms with van der Waals surface area (Å²) in [6.45, 7) is 1.43. The van der Waals surface area contributed by atoms with E-state index in [1.54, 1.807) is 18.6 Å². The van der Waals surface area contributed by atoms with Crippen LogP contribution in [0.5, 0.6) is 5.88 Å². The van der Waals surface area contributed by atoms with Crippen molar-refractivity contribution < 1.29 is 4.74 Å². The smallest absolute Gasteiger partial charge is 0.221 e. The number of hydrogen-bond donors (Lipinski definition) is 2. The number of likely N-dealkylation sites (N-methyl/N-ethyl adjacent to an activating group) is 1. The van der Waals surface area contributed by atoms with Crippen LogP contribution in [0.1, 0.15) is 0 Å². The highest BCUT2D eigenvalue weighted by Gasteiger charge is 2.09. The molecular weight excluding hydrogens is 330 g/mol. The van der Waals surface area contributed by atoms with E-state index < -0.39 is 0 Å². The number of ether oxygens (including phenoxy) is 1. The molecule has 0 amide bonds. The molecule has 3 heterocycles. The summed E-state index contributed by atoms with van der Waals surface area (Å²) in [4.78, 5) is 14.9. The number of H-pyrrole nitrogens is 1. The molecule has 0 unspecified atom stereocenters. The first-order valence-corrected chi connectivity index (χ1v) is 8.29. The predicted octanol–water partition coefficient (Wildman–Crippen LogP) is 2.59. The average Bonchev–Trinajstić information content (AvgIpc) is 3.04. The van der Waals surface area contributed by atoms with Crippen LogP contribution in [0.4, 0.5) is 11.5 Å². The first kappa shape index (κ1) is 16.2. The van der Waals surface area contributed by atoms with E-state index in [1.165, 1.54) is 0 Å². The van der Waals surface area contributed by atoms with Crippen LogP contribution in [0.3, 0.4) is 0 Å². The Morgan fingerprint density at radius 3 is 2.85 bits per heavy atom. The summed E-state index contributed by atoms with van der Waals surface area (Å²) in [7, 11) is 4.03. The van der Waals surface area contributed by atoms with Crippen LogP contribution >= 0.6 is 0 Å². The molecule has 0 fully saturated rings. The lowest BCUT2D eigenvalue weighted by molar-refractivity contribution is 0.256. The fourth-order valence-corrected chi connectivity index (χ4v) is 2.65. The van der Waals surface area contributed by atoms with Crippen LogP contribution in [-0.2, 0) is 0 Å². The molecule has 2 N–H and O–H groups in total. The topological polar surface area (TPSA) is 91.8 Å². The monoisotopic (exact) mass is 349 g/mol. The normalized spacial score (nSPS) is 11.3. The van der Waals surface area contributed by atoms with Gasteiger partial charge in [-0.15, -0.1) is 0 Å². The minimum atomic E-state index is 0.580. The van der Waals surface area contributed by atoms with Crippen LogP contribution in [0.2, 0.25) is 0 Å². The molecule has 0 saturated carbocycles. The maximum Gasteiger partial charge on any atom is 0.221 e. The van der Waals surface area contributed by atoms with Crippen molar-refractivity contribution >= 4 is 33.4 Å². The lowest BCUT2D eigenvalue weighted by atomic mass is 10.1. The van der Waals surface area contributed by atoms with Gasteiger partial charge in [-0.3, -0.25) is 5.10 Å². The number of nitrogens with zero attached hydrogens (tertiary/aromatic N) is 5. The molecule has 0 atom stereocenters. The van der Waals surface area contributed by atoms with Gasteiger partial charge in [0.2, 0.25) is 11.5 Å². The second-order valence-electron chi connectivity index (χ2n) is 6.16. The SMILES string of the molecule is CN(C)CCOc1nccc2cc(Nc3[nH]nc4nccnc34)ccc12. The molecule has 0 aliphatic carbocycles. The number of anilines is 2. The number of nitrogens with one attached hydrogen (secondary N) is 2. The number of aromatic amines is 1. The highest BCUT2D eigenvalue weighted by atomic mass is 16.5. The van der Waals surface area contributed by atoms with Gasteiger partial charge in [0.15, 0.2) is 11.3 Å². The third-order valence-corrected chi connectivity index (χ3v) is 3.96. The minimum Gasteiger partial charge on any atom is -0.476 e. The van der Waals surface area contributed by atoms with Gasteiger partial charge in [-0.1, -0.05) is 0 Å². The summed E-state index contributed by atoms with van der Waals surface area (Å²) in [5.74, 6) is 1.36. The Morgan fingerprint density at radius 1 is 1.08 bits per heavy atom. The van der Waals surface area contributed by atoms with Gasteiger partial charge in [-0.2, -0.15) is 5.10 Å². The standard InChI is InChI=1S/C18H19N7O/c1-25(2)9-10-26-18-14-4-3-13(11-12(14)5-6-21-18)22-17-15-16(23-24-17)20-8-7-19-15/h3-8,11H,9-10H2,1-2H3,(H2,20,22,23,24). The molecule has 0 spiro atoms. The molecule has 0 aliphatic heterocycles. The van der Waals surface area contributed by atoms with Crippen LogP contribution < -0.4 is 10.1 Å². The maximum atomic E-state index is 5.83. The van der Waals surface area contributed by atoms with Crippen molar-refractivity contribution in [3.8, 4) is 5.88 Å². The Balaban J connectivity index is 1.59. The molecule has 8 heteroatoms. The van der Waals surface area contributed by atoms with Crippen LogP contribution in [0.15, 0.2) is 42.9 Å². The van der Waals surface area contributed by atoms with Gasteiger partial charge >= 0.3 is 0 Å². The largest absolute Gasteiger partial charge is 0.476 e. The van der Waals surface area contributed by atoms with Gasteiger partial charge in [-0.25, -0.2) is 15.0 Å². The lowest BCUT2D eigenvalue weighted by Gasteiger charge is -2.12. The Hall–Kier alpha value is -3.26. The molecule has 3 aromatic heterocycles. The highest BCUT2D eigenvalue weighted by molar-refractivity contribution is 5.91. The molecule has 4 rings (SSSR count). The zero-order valence-corrected chi connectivity index (χ0v) is 14.6. The van der Waals surface area contributed by atoms with E-state index in [9.17, 15) is 0 Å². The first-order valence-electron chi connectivity index (χ1n) is 8.29. The molecule has 8 nitrogen and oxygen atoms in total. The van der Waals surface area contributed by atoms with Crippen molar-refractivity contribution in [2.45, 2.75) is 0 Å². The molecule has 132 valence electrons. The minimum absolute atomic E-state index is 0.580. The number of rotatable bonds is 6. The van der Waals surface area contributed by atoms with E-state index in [1.807, 2.05) is 38.4 Å². The summed E-state index contributed by atoms with van der Waals surface area (Å²) in [6.07, 6.45) is 5.02. The number of benzene rings is 1. The van der Waals surface area contributed by atoms with Crippen molar-refractivity contribution in [3.63, 3.8) is 0 Å². The van der Waals surface area contributed by atoms with E-state index in [4.69, 9.17) is 4.74 Å². The zero-order valence-electron chi connectivity index (χ0n) is 14.6. The Labute approximate surface area is 150 Å². The lowest BCUT2D eigenvalue weighted by Crippen LogP contribution is -2.19. The highest BCUT2D eigenvalue weighted by Crippen LogP contribution is 2.28. The average molecular weight is 349 g/mol. The molecule has 1 aromatic carbocycles. The molecule has 0 aliphatic rings. The number of fused-ring (bicyclic) bond motifs is 2. The molecular formula is C18H19N7O. The fraction of sp³-hybridized carbons (Fsp3) is 0.222. The molecule has 0 saturated heterocycles. The van der Waals surface area contributed by atoms with E-state index in [0.717, 1.165) is 23.0 Å². The van der Waals surface area contributed by atoms with Crippen molar-refractivity contribution in [1.82, 2.24) is 30.0 Å². The summed E-state index contributed by atoms with van der Waals surface area (Å²) in [5.41, 5.74) is 2.20. The Bertz CT molecular complexity index is 1040. The van der Waals surface area contributed by atoms with E-state index in [-0.39, 0.29) is 0 Å². The van der Waals surface area contributed by atoms with Gasteiger partial charge in [-0.05, 0) is 43.7 Å². The molecule has 26 heavy (non-hydrogen) atoms. The predicted molar refractivity (Wildman–Crippen MR) is 101 cm³/mol. The summed E-state index contributed by atoms with van der Waals surface area (Å²) >= 11 is 0. The third-order valence-electron chi connectivity index (χ3n) is 3.96. The molecule has 0 radical (unpaired) electrons. The van der Waals surface area contributed by atoms with E-state index in [0.29, 0.717) is 29.5 Å². The first-order chi connectivity index (χ1) is 12.7. The zero-order chi connectivity index (χ0) is 17.9. The van der Waals surface area contributed by atoms with Gasteiger partial charge in [0.25, 0.3) is 0 Å².